The third kappa shape index (κ3) is 3.67. The Balaban J connectivity index is 1.66. The molecule has 3 rings (SSSR count). The highest BCUT2D eigenvalue weighted by molar-refractivity contribution is 5.99. The maximum atomic E-state index is 13.1. The molecular formula is C19H16F2O3. The summed E-state index contributed by atoms with van der Waals surface area (Å²) in [5, 5.41) is 0. The summed E-state index contributed by atoms with van der Waals surface area (Å²) in [6.45, 7) is -0.463. The first-order valence-electron chi connectivity index (χ1n) is 7.81. The van der Waals surface area contributed by atoms with E-state index in [0.29, 0.717) is 11.6 Å². The third-order valence-corrected chi connectivity index (χ3v) is 4.10. The lowest BCUT2D eigenvalue weighted by Crippen LogP contribution is -2.15. The predicted octanol–water partition coefficient (Wildman–Crippen LogP) is 3.88. The smallest absolute Gasteiger partial charge is 0.338 e. The maximum Gasteiger partial charge on any atom is 0.338 e. The van der Waals surface area contributed by atoms with Crippen LogP contribution in [-0.4, -0.2) is 18.4 Å². The molecule has 0 aliphatic heterocycles. The van der Waals surface area contributed by atoms with Gasteiger partial charge in [-0.05, 0) is 55.0 Å². The van der Waals surface area contributed by atoms with E-state index in [1.807, 2.05) is 12.1 Å². The van der Waals surface area contributed by atoms with Gasteiger partial charge in [0.2, 0.25) is 0 Å². The van der Waals surface area contributed by atoms with E-state index < -0.39 is 24.2 Å². The Morgan fingerprint density at radius 1 is 0.875 bits per heavy atom. The van der Waals surface area contributed by atoms with Gasteiger partial charge in [0, 0.05) is 11.6 Å². The average Bonchev–Trinajstić information content (AvgIpc) is 2.58. The van der Waals surface area contributed by atoms with Crippen LogP contribution >= 0.6 is 0 Å². The number of hydrogen-bond acceptors (Lipinski definition) is 3. The summed E-state index contributed by atoms with van der Waals surface area (Å²) < 4.78 is 31.1. The molecule has 0 atom stereocenters. The number of aryl methyl sites for hydroxylation is 2. The van der Waals surface area contributed by atoms with E-state index in [9.17, 15) is 18.4 Å². The van der Waals surface area contributed by atoms with Crippen LogP contribution in [0.15, 0.2) is 36.4 Å². The molecule has 0 unspecified atom stereocenters. The number of ether oxygens (including phenoxy) is 1. The van der Waals surface area contributed by atoms with E-state index in [1.165, 1.54) is 5.56 Å². The van der Waals surface area contributed by atoms with Crippen LogP contribution in [0.5, 0.6) is 0 Å². The first kappa shape index (κ1) is 16.3. The lowest BCUT2D eigenvalue weighted by atomic mass is 9.90. The fraction of sp³-hybridized carbons (Fsp3) is 0.263. The van der Waals surface area contributed by atoms with Crippen molar-refractivity contribution in [2.75, 3.05) is 6.61 Å². The Hall–Kier alpha value is -2.56. The molecule has 5 heteroatoms. The minimum atomic E-state index is -0.931. The maximum absolute atomic E-state index is 13.1. The largest absolute Gasteiger partial charge is 0.454 e. The first-order valence-corrected chi connectivity index (χ1v) is 7.81. The fourth-order valence-electron chi connectivity index (χ4n) is 2.88. The van der Waals surface area contributed by atoms with Gasteiger partial charge < -0.3 is 4.74 Å². The third-order valence-electron chi connectivity index (χ3n) is 4.10. The molecule has 2 aromatic carbocycles. The van der Waals surface area contributed by atoms with Crippen molar-refractivity contribution in [3.05, 3.63) is 70.3 Å². The predicted molar refractivity (Wildman–Crippen MR) is 84.1 cm³/mol. The highest BCUT2D eigenvalue weighted by Crippen LogP contribution is 2.22. The van der Waals surface area contributed by atoms with Gasteiger partial charge in [0.15, 0.2) is 12.4 Å². The Morgan fingerprint density at radius 3 is 2.25 bits per heavy atom. The molecule has 0 spiro atoms. The number of fused-ring (bicyclic) bond motifs is 1. The van der Waals surface area contributed by atoms with Crippen LogP contribution in [0.1, 0.15) is 44.7 Å². The zero-order valence-electron chi connectivity index (χ0n) is 13.0. The van der Waals surface area contributed by atoms with Gasteiger partial charge in [-0.2, -0.15) is 0 Å². The Labute approximate surface area is 138 Å². The lowest BCUT2D eigenvalue weighted by Gasteiger charge is -2.16. The second kappa shape index (κ2) is 6.91. The Kier molecular flexibility index (Phi) is 4.69. The van der Waals surface area contributed by atoms with Crippen LogP contribution in [0.25, 0.3) is 0 Å². The molecule has 0 fully saturated rings. The summed E-state index contributed by atoms with van der Waals surface area (Å²) in [5.41, 5.74) is 2.63. The lowest BCUT2D eigenvalue weighted by molar-refractivity contribution is 0.0474. The zero-order valence-corrected chi connectivity index (χ0v) is 13.0. The molecule has 0 heterocycles. The second-order valence-corrected chi connectivity index (χ2v) is 5.85. The second-order valence-electron chi connectivity index (χ2n) is 5.85. The van der Waals surface area contributed by atoms with Gasteiger partial charge >= 0.3 is 5.97 Å². The molecule has 0 radical (unpaired) electrons. The number of rotatable bonds is 4. The number of benzene rings is 2. The number of halogens is 2. The normalized spacial score (nSPS) is 13.2. The minimum Gasteiger partial charge on any atom is -0.454 e. The summed E-state index contributed by atoms with van der Waals surface area (Å²) in [4.78, 5) is 24.0. The molecule has 0 bridgehead atoms. The Bertz CT molecular complexity index is 779. The van der Waals surface area contributed by atoms with E-state index in [2.05, 4.69) is 0 Å². The van der Waals surface area contributed by atoms with Gasteiger partial charge in [0.25, 0.3) is 0 Å². The van der Waals surface area contributed by atoms with Crippen LogP contribution in [0.2, 0.25) is 0 Å². The molecular weight excluding hydrogens is 314 g/mol. The van der Waals surface area contributed by atoms with Crippen LogP contribution in [0, 0.1) is 11.6 Å². The quantitative estimate of drug-likeness (QED) is 0.631. The molecule has 2 aromatic rings. The number of carbonyl (C=O) groups is 2. The van der Waals surface area contributed by atoms with E-state index in [1.54, 1.807) is 6.07 Å². The number of ketones is 1. The SMILES string of the molecule is O=C(COC(=O)c1cc(F)cc(F)c1)c1ccc2c(c1)CCCC2. The first-order chi connectivity index (χ1) is 11.5. The summed E-state index contributed by atoms with van der Waals surface area (Å²) in [6, 6.07) is 7.90. The van der Waals surface area contributed by atoms with Crippen molar-refractivity contribution >= 4 is 11.8 Å². The summed E-state index contributed by atoms with van der Waals surface area (Å²) >= 11 is 0. The standard InChI is InChI=1S/C19H16F2O3/c20-16-8-15(9-17(21)10-16)19(23)24-11-18(22)14-6-5-12-3-1-2-4-13(12)7-14/h5-10H,1-4,11H2. The fourth-order valence-corrected chi connectivity index (χ4v) is 2.88. The molecule has 24 heavy (non-hydrogen) atoms. The molecule has 0 amide bonds. The van der Waals surface area contributed by atoms with Crippen molar-refractivity contribution in [1.82, 2.24) is 0 Å². The summed E-state index contributed by atoms with van der Waals surface area (Å²) in [5.74, 6) is -3.01. The van der Waals surface area contributed by atoms with Crippen molar-refractivity contribution in [2.45, 2.75) is 25.7 Å². The molecule has 0 saturated carbocycles. The number of hydrogen-bond donors (Lipinski definition) is 0. The Morgan fingerprint density at radius 2 is 1.54 bits per heavy atom. The van der Waals surface area contributed by atoms with Crippen molar-refractivity contribution in [3.63, 3.8) is 0 Å². The van der Waals surface area contributed by atoms with Gasteiger partial charge in [-0.25, -0.2) is 13.6 Å². The van der Waals surface area contributed by atoms with E-state index in [0.717, 1.165) is 43.4 Å². The van der Waals surface area contributed by atoms with Crippen molar-refractivity contribution in [3.8, 4) is 0 Å². The molecule has 0 saturated heterocycles. The molecule has 0 aromatic heterocycles. The highest BCUT2D eigenvalue weighted by Gasteiger charge is 2.16. The molecule has 1 aliphatic rings. The molecule has 3 nitrogen and oxygen atoms in total. The van der Waals surface area contributed by atoms with Gasteiger partial charge in [0.05, 0.1) is 5.56 Å². The van der Waals surface area contributed by atoms with Crippen molar-refractivity contribution < 1.29 is 23.1 Å². The number of carbonyl (C=O) groups excluding carboxylic acids is 2. The molecule has 1 aliphatic carbocycles. The minimum absolute atomic E-state index is 0.259. The average molecular weight is 330 g/mol. The van der Waals surface area contributed by atoms with Gasteiger partial charge in [0.1, 0.15) is 11.6 Å². The van der Waals surface area contributed by atoms with E-state index >= 15 is 0 Å². The van der Waals surface area contributed by atoms with Crippen LogP contribution < -0.4 is 0 Å². The topological polar surface area (TPSA) is 43.4 Å². The highest BCUT2D eigenvalue weighted by atomic mass is 19.1. The van der Waals surface area contributed by atoms with Crippen LogP contribution in [0.4, 0.5) is 8.78 Å². The molecule has 124 valence electrons. The summed E-state index contributed by atoms with van der Waals surface area (Å²) in [7, 11) is 0. The van der Waals surface area contributed by atoms with Crippen LogP contribution in [0.3, 0.4) is 0 Å². The van der Waals surface area contributed by atoms with E-state index in [-0.39, 0.29) is 11.3 Å². The monoisotopic (exact) mass is 330 g/mol. The summed E-state index contributed by atoms with van der Waals surface area (Å²) in [6.07, 6.45) is 4.22. The van der Waals surface area contributed by atoms with Gasteiger partial charge in [-0.3, -0.25) is 4.79 Å². The van der Waals surface area contributed by atoms with Gasteiger partial charge in [-0.1, -0.05) is 12.1 Å². The zero-order chi connectivity index (χ0) is 17.1. The van der Waals surface area contributed by atoms with Crippen molar-refractivity contribution in [2.24, 2.45) is 0 Å². The van der Waals surface area contributed by atoms with Crippen LogP contribution in [-0.2, 0) is 17.6 Å². The molecule has 0 N–H and O–H groups in total. The van der Waals surface area contributed by atoms with E-state index in [4.69, 9.17) is 4.74 Å². The number of Topliss-reactive ketones (excluding diaryl/α,β-unsaturated/α-hetero) is 1. The van der Waals surface area contributed by atoms with Gasteiger partial charge in [-0.15, -0.1) is 0 Å². The van der Waals surface area contributed by atoms with Crippen molar-refractivity contribution in [1.29, 1.82) is 0 Å². The number of esters is 1.